The average Bonchev–Trinajstić information content (AvgIpc) is 2.32. The number of nitrogens with one attached hydrogen (secondary N) is 1. The number of nitro benzene ring substituents is 1. The molecule has 0 unspecified atom stereocenters. The number of halogens is 3. The second-order valence-corrected chi connectivity index (χ2v) is 3.34. The lowest BCUT2D eigenvalue weighted by Gasteiger charge is -2.10. The number of nitrogens with zero attached hydrogens (tertiary/aromatic N) is 1. The molecule has 0 heterocycles. The summed E-state index contributed by atoms with van der Waals surface area (Å²) in [6, 6.07) is 0. The SMILES string of the molecule is Nc1c(F)c(F)c([N+](=O)[O-])c(NCCCO)c1F. The summed E-state index contributed by atoms with van der Waals surface area (Å²) in [5, 5.41) is 21.3. The van der Waals surface area contributed by atoms with E-state index in [1.807, 2.05) is 0 Å². The molecule has 0 fully saturated rings. The molecule has 1 aromatic rings. The summed E-state index contributed by atoms with van der Waals surface area (Å²) in [6.07, 6.45) is 0.148. The van der Waals surface area contributed by atoms with Gasteiger partial charge in [-0.1, -0.05) is 0 Å². The summed E-state index contributed by atoms with van der Waals surface area (Å²) in [5.74, 6) is -5.06. The fraction of sp³-hybridized carbons (Fsp3) is 0.333. The van der Waals surface area contributed by atoms with Crippen molar-refractivity contribution in [1.29, 1.82) is 0 Å². The first kappa shape index (κ1) is 14.0. The standard InChI is InChI=1S/C9H10F3N3O3/c10-4-5(11)9(15(17)18)8(6(12)7(4)13)14-2-1-3-16/h14,16H,1-3,13H2. The van der Waals surface area contributed by atoms with Crippen molar-refractivity contribution in [3.05, 3.63) is 27.6 Å². The van der Waals surface area contributed by atoms with Crippen LogP contribution in [0.5, 0.6) is 0 Å². The third-order valence-corrected chi connectivity index (χ3v) is 2.15. The number of nitro groups is 1. The fourth-order valence-corrected chi connectivity index (χ4v) is 1.29. The Labute approximate surface area is 99.4 Å². The monoisotopic (exact) mass is 265 g/mol. The van der Waals surface area contributed by atoms with Gasteiger partial charge in [-0.05, 0) is 6.42 Å². The van der Waals surface area contributed by atoms with Crippen LogP contribution in [-0.2, 0) is 0 Å². The number of rotatable bonds is 5. The van der Waals surface area contributed by atoms with Gasteiger partial charge in [0, 0.05) is 13.2 Å². The largest absolute Gasteiger partial charge is 0.396 e. The molecule has 0 saturated carbocycles. The number of anilines is 2. The predicted molar refractivity (Wildman–Crippen MR) is 57.6 cm³/mol. The van der Waals surface area contributed by atoms with E-state index < -0.39 is 39.4 Å². The lowest BCUT2D eigenvalue weighted by molar-refractivity contribution is -0.387. The van der Waals surface area contributed by atoms with Crippen LogP contribution in [0.4, 0.5) is 30.2 Å². The Morgan fingerprint density at radius 2 is 1.89 bits per heavy atom. The minimum atomic E-state index is -1.83. The van der Waals surface area contributed by atoms with Gasteiger partial charge in [-0.25, -0.2) is 8.78 Å². The summed E-state index contributed by atoms with van der Waals surface area (Å²) in [6.45, 7) is -0.305. The smallest absolute Gasteiger partial charge is 0.333 e. The number of benzene rings is 1. The van der Waals surface area contributed by atoms with Gasteiger partial charge in [0.25, 0.3) is 0 Å². The van der Waals surface area contributed by atoms with Crippen LogP contribution in [0.2, 0.25) is 0 Å². The van der Waals surface area contributed by atoms with Gasteiger partial charge in [0.05, 0.1) is 4.92 Å². The predicted octanol–water partition coefficient (Wildman–Crippen LogP) is 1.39. The van der Waals surface area contributed by atoms with Crippen molar-refractivity contribution in [3.8, 4) is 0 Å². The summed E-state index contributed by atoms with van der Waals surface area (Å²) in [4.78, 5) is 9.35. The molecule has 0 bridgehead atoms. The number of nitrogen functional groups attached to an aromatic ring is 1. The average molecular weight is 265 g/mol. The van der Waals surface area contributed by atoms with Gasteiger partial charge < -0.3 is 16.2 Å². The molecule has 0 aliphatic heterocycles. The third-order valence-electron chi connectivity index (χ3n) is 2.15. The van der Waals surface area contributed by atoms with E-state index in [2.05, 4.69) is 5.32 Å². The maximum Gasteiger partial charge on any atom is 0.333 e. The molecule has 18 heavy (non-hydrogen) atoms. The van der Waals surface area contributed by atoms with Crippen LogP contribution in [0.25, 0.3) is 0 Å². The highest BCUT2D eigenvalue weighted by Crippen LogP contribution is 2.36. The minimum Gasteiger partial charge on any atom is -0.396 e. The van der Waals surface area contributed by atoms with Crippen molar-refractivity contribution in [2.45, 2.75) is 6.42 Å². The lowest BCUT2D eigenvalue weighted by atomic mass is 10.2. The number of aliphatic hydroxyl groups excluding tert-OH is 1. The van der Waals surface area contributed by atoms with Gasteiger partial charge >= 0.3 is 5.69 Å². The molecule has 0 atom stereocenters. The highest BCUT2D eigenvalue weighted by Gasteiger charge is 2.31. The van der Waals surface area contributed by atoms with Gasteiger partial charge in [-0.15, -0.1) is 0 Å². The second-order valence-electron chi connectivity index (χ2n) is 3.34. The molecule has 0 aliphatic carbocycles. The van der Waals surface area contributed by atoms with Crippen LogP contribution in [0.15, 0.2) is 0 Å². The molecule has 0 spiro atoms. The Morgan fingerprint density at radius 1 is 1.28 bits per heavy atom. The lowest BCUT2D eigenvalue weighted by Crippen LogP contribution is -2.12. The maximum atomic E-state index is 13.5. The molecule has 1 aromatic carbocycles. The summed E-state index contributed by atoms with van der Waals surface area (Å²) in [7, 11) is 0. The quantitative estimate of drug-likeness (QED) is 0.245. The van der Waals surface area contributed by atoms with Gasteiger partial charge in [0.1, 0.15) is 5.69 Å². The van der Waals surface area contributed by atoms with Crippen LogP contribution in [0.1, 0.15) is 6.42 Å². The number of hydrogen-bond donors (Lipinski definition) is 3. The normalized spacial score (nSPS) is 10.4. The van der Waals surface area contributed by atoms with Gasteiger partial charge in [0.2, 0.25) is 5.82 Å². The van der Waals surface area contributed by atoms with E-state index in [-0.39, 0.29) is 19.6 Å². The number of nitrogens with two attached hydrogens (primary N) is 1. The molecule has 1 rings (SSSR count). The first-order chi connectivity index (χ1) is 8.41. The Bertz CT molecular complexity index is 482. The molecule has 9 heteroatoms. The second kappa shape index (κ2) is 5.54. The van der Waals surface area contributed by atoms with Gasteiger partial charge in [-0.3, -0.25) is 10.1 Å². The Kier molecular flexibility index (Phi) is 4.32. The van der Waals surface area contributed by atoms with E-state index in [1.54, 1.807) is 0 Å². The van der Waals surface area contributed by atoms with E-state index >= 15 is 0 Å². The summed E-state index contributed by atoms with van der Waals surface area (Å²) in [5.41, 5.74) is 1.64. The molecule has 0 saturated heterocycles. The molecule has 100 valence electrons. The van der Waals surface area contributed by atoms with E-state index in [4.69, 9.17) is 10.8 Å². The molecule has 0 aromatic heterocycles. The van der Waals surface area contributed by atoms with E-state index in [0.717, 1.165) is 0 Å². The maximum absolute atomic E-state index is 13.5. The molecule has 0 amide bonds. The molecule has 0 radical (unpaired) electrons. The van der Waals surface area contributed by atoms with Crippen molar-refractivity contribution < 1.29 is 23.2 Å². The summed E-state index contributed by atoms with van der Waals surface area (Å²) >= 11 is 0. The van der Waals surface area contributed by atoms with Crippen LogP contribution < -0.4 is 11.1 Å². The fourth-order valence-electron chi connectivity index (χ4n) is 1.29. The van der Waals surface area contributed by atoms with Crippen LogP contribution >= 0.6 is 0 Å². The highest BCUT2D eigenvalue weighted by atomic mass is 19.2. The van der Waals surface area contributed by atoms with Crippen molar-refractivity contribution in [3.63, 3.8) is 0 Å². The molecule has 0 aliphatic rings. The van der Waals surface area contributed by atoms with E-state index in [9.17, 15) is 23.3 Å². The topological polar surface area (TPSA) is 101 Å². The highest BCUT2D eigenvalue weighted by molar-refractivity contribution is 5.70. The van der Waals surface area contributed by atoms with E-state index in [1.165, 1.54) is 0 Å². The number of aliphatic hydroxyl groups is 1. The molecular formula is C9H10F3N3O3. The molecule has 4 N–H and O–H groups in total. The molecule has 6 nitrogen and oxygen atoms in total. The van der Waals surface area contributed by atoms with Crippen LogP contribution in [0, 0.1) is 27.6 Å². The number of hydrogen-bond acceptors (Lipinski definition) is 5. The van der Waals surface area contributed by atoms with Gasteiger partial charge in [-0.2, -0.15) is 4.39 Å². The van der Waals surface area contributed by atoms with Crippen molar-refractivity contribution in [1.82, 2.24) is 0 Å². The zero-order valence-electron chi connectivity index (χ0n) is 9.04. The Hall–Kier alpha value is -2.03. The molecular weight excluding hydrogens is 255 g/mol. The Balaban J connectivity index is 3.32. The first-order valence-corrected chi connectivity index (χ1v) is 4.86. The van der Waals surface area contributed by atoms with E-state index in [0.29, 0.717) is 0 Å². The minimum absolute atomic E-state index is 0.0568. The van der Waals surface area contributed by atoms with Gasteiger partial charge in [0.15, 0.2) is 17.3 Å². The van der Waals surface area contributed by atoms with Crippen molar-refractivity contribution in [2.24, 2.45) is 0 Å². The zero-order valence-corrected chi connectivity index (χ0v) is 9.04. The third kappa shape index (κ3) is 2.45. The Morgan fingerprint density at radius 3 is 2.39 bits per heavy atom. The first-order valence-electron chi connectivity index (χ1n) is 4.86. The van der Waals surface area contributed by atoms with Crippen LogP contribution in [-0.4, -0.2) is 23.2 Å². The van der Waals surface area contributed by atoms with Crippen LogP contribution in [0.3, 0.4) is 0 Å². The van der Waals surface area contributed by atoms with Crippen molar-refractivity contribution in [2.75, 3.05) is 24.2 Å². The zero-order chi connectivity index (χ0) is 13.9. The van der Waals surface area contributed by atoms with Crippen molar-refractivity contribution >= 4 is 17.1 Å². The summed E-state index contributed by atoms with van der Waals surface area (Å²) < 4.78 is 39.9.